The van der Waals surface area contributed by atoms with E-state index in [1.165, 1.54) is 0 Å². The highest BCUT2D eigenvalue weighted by atomic mass is 32.2. The number of hydrogen-bond acceptors (Lipinski definition) is 6. The first kappa shape index (κ1) is 18.2. The third-order valence-electron chi connectivity index (χ3n) is 4.75. The number of hydrogen-bond donors (Lipinski definition) is 0. The molecule has 0 aliphatic carbocycles. The Morgan fingerprint density at radius 1 is 1.08 bits per heavy atom. The van der Waals surface area contributed by atoms with Gasteiger partial charge in [0.05, 0.1) is 21.3 Å². The molecule has 3 rings (SSSR count). The molecule has 2 fully saturated rings. The molecule has 0 saturated carbocycles. The molecule has 0 aromatic heterocycles. The SMILES string of the molecule is COc1cc(OC)c(C2SCCN2C(=O)C2CCOCC2)cc1OC. The van der Waals surface area contributed by atoms with Gasteiger partial charge in [-0.15, -0.1) is 11.8 Å². The number of carbonyl (C=O) groups is 1. The van der Waals surface area contributed by atoms with E-state index in [4.69, 9.17) is 18.9 Å². The van der Waals surface area contributed by atoms with Gasteiger partial charge in [-0.1, -0.05) is 0 Å². The van der Waals surface area contributed by atoms with E-state index in [0.29, 0.717) is 30.5 Å². The molecular formula is C18H25NO5S. The minimum absolute atomic E-state index is 0.0566. The van der Waals surface area contributed by atoms with Gasteiger partial charge in [-0.05, 0) is 18.9 Å². The van der Waals surface area contributed by atoms with Crippen molar-refractivity contribution < 1.29 is 23.7 Å². The molecule has 1 aromatic carbocycles. The maximum atomic E-state index is 13.0. The molecule has 7 heteroatoms. The normalized spacial score (nSPS) is 21.2. The molecule has 1 aromatic rings. The van der Waals surface area contributed by atoms with Crippen LogP contribution in [0, 0.1) is 5.92 Å². The van der Waals surface area contributed by atoms with E-state index in [2.05, 4.69) is 0 Å². The summed E-state index contributed by atoms with van der Waals surface area (Å²) < 4.78 is 21.8. The number of thioether (sulfide) groups is 1. The van der Waals surface area contributed by atoms with Gasteiger partial charge in [0.1, 0.15) is 11.1 Å². The van der Waals surface area contributed by atoms with Gasteiger partial charge in [-0.25, -0.2) is 0 Å². The maximum absolute atomic E-state index is 13.0. The highest BCUT2D eigenvalue weighted by Crippen LogP contribution is 2.46. The Bertz CT molecular complexity index is 618. The second-order valence-corrected chi connectivity index (χ2v) is 7.28. The zero-order valence-electron chi connectivity index (χ0n) is 14.9. The minimum Gasteiger partial charge on any atom is -0.496 e. The monoisotopic (exact) mass is 367 g/mol. The van der Waals surface area contributed by atoms with E-state index in [0.717, 1.165) is 30.7 Å². The maximum Gasteiger partial charge on any atom is 0.227 e. The lowest BCUT2D eigenvalue weighted by atomic mass is 9.98. The fourth-order valence-electron chi connectivity index (χ4n) is 3.38. The van der Waals surface area contributed by atoms with Gasteiger partial charge in [0.25, 0.3) is 0 Å². The second-order valence-electron chi connectivity index (χ2n) is 6.09. The summed E-state index contributed by atoms with van der Waals surface area (Å²) in [6.45, 7) is 2.09. The average Bonchev–Trinajstić information content (AvgIpc) is 3.16. The summed E-state index contributed by atoms with van der Waals surface area (Å²) in [5.74, 6) is 3.16. The molecular weight excluding hydrogens is 342 g/mol. The fourth-order valence-corrected chi connectivity index (χ4v) is 4.66. The number of rotatable bonds is 5. The molecule has 2 saturated heterocycles. The Balaban J connectivity index is 1.89. The van der Waals surface area contributed by atoms with Crippen LogP contribution in [-0.2, 0) is 9.53 Å². The molecule has 1 amide bonds. The van der Waals surface area contributed by atoms with Crippen molar-refractivity contribution in [2.75, 3.05) is 46.8 Å². The minimum atomic E-state index is -0.0647. The van der Waals surface area contributed by atoms with Crippen molar-refractivity contribution in [3.8, 4) is 17.2 Å². The van der Waals surface area contributed by atoms with E-state index in [-0.39, 0.29) is 17.2 Å². The summed E-state index contributed by atoms with van der Waals surface area (Å²) in [5.41, 5.74) is 0.947. The van der Waals surface area contributed by atoms with Crippen LogP contribution in [0.4, 0.5) is 0 Å². The van der Waals surface area contributed by atoms with Crippen molar-refractivity contribution in [3.05, 3.63) is 17.7 Å². The topological polar surface area (TPSA) is 57.2 Å². The molecule has 0 radical (unpaired) electrons. The summed E-state index contributed by atoms with van der Waals surface area (Å²) in [6.07, 6.45) is 1.60. The summed E-state index contributed by atoms with van der Waals surface area (Å²) in [7, 11) is 4.85. The van der Waals surface area contributed by atoms with Crippen molar-refractivity contribution in [1.82, 2.24) is 4.90 Å². The molecule has 2 aliphatic heterocycles. The highest BCUT2D eigenvalue weighted by Gasteiger charge is 2.37. The number of amides is 1. The van der Waals surface area contributed by atoms with Gasteiger partial charge in [0, 0.05) is 43.1 Å². The van der Waals surface area contributed by atoms with Crippen LogP contribution >= 0.6 is 11.8 Å². The lowest BCUT2D eigenvalue weighted by Crippen LogP contribution is -2.38. The smallest absolute Gasteiger partial charge is 0.227 e. The number of benzene rings is 1. The standard InChI is InChI=1S/C18H25NO5S/c1-21-14-11-16(23-3)15(22-2)10-13(14)18-19(6-9-25-18)17(20)12-4-7-24-8-5-12/h10-12,18H,4-9H2,1-3H3. The van der Waals surface area contributed by atoms with Crippen LogP contribution in [0.25, 0.3) is 0 Å². The first-order valence-electron chi connectivity index (χ1n) is 8.49. The summed E-state index contributed by atoms with van der Waals surface area (Å²) in [4.78, 5) is 15.0. The third kappa shape index (κ3) is 3.67. The Kier molecular flexibility index (Phi) is 5.96. The molecule has 6 nitrogen and oxygen atoms in total. The Morgan fingerprint density at radius 3 is 2.36 bits per heavy atom. The third-order valence-corrected chi connectivity index (χ3v) is 5.99. The molecule has 1 unspecified atom stereocenters. The van der Waals surface area contributed by atoms with Gasteiger partial charge in [0.2, 0.25) is 5.91 Å². The van der Waals surface area contributed by atoms with Crippen molar-refractivity contribution in [2.45, 2.75) is 18.2 Å². The predicted molar refractivity (Wildman–Crippen MR) is 96.6 cm³/mol. The Labute approximate surface area is 152 Å². The summed E-state index contributed by atoms with van der Waals surface area (Å²) >= 11 is 1.76. The molecule has 1 atom stereocenters. The molecule has 2 heterocycles. The average molecular weight is 367 g/mol. The molecule has 0 N–H and O–H groups in total. The van der Waals surface area contributed by atoms with Crippen LogP contribution in [-0.4, -0.2) is 57.6 Å². The van der Waals surface area contributed by atoms with Gasteiger partial charge < -0.3 is 23.8 Å². The zero-order chi connectivity index (χ0) is 17.8. The number of nitrogens with zero attached hydrogens (tertiary/aromatic N) is 1. The fraction of sp³-hybridized carbons (Fsp3) is 0.611. The second kappa shape index (κ2) is 8.19. The predicted octanol–water partition coefficient (Wildman–Crippen LogP) is 2.71. The van der Waals surface area contributed by atoms with Crippen molar-refractivity contribution in [1.29, 1.82) is 0 Å². The molecule has 0 bridgehead atoms. The van der Waals surface area contributed by atoms with Crippen molar-refractivity contribution in [2.24, 2.45) is 5.92 Å². The van der Waals surface area contributed by atoms with E-state index in [9.17, 15) is 4.79 Å². The van der Waals surface area contributed by atoms with Crippen LogP contribution in [0.2, 0.25) is 0 Å². The lowest BCUT2D eigenvalue weighted by molar-refractivity contribution is -0.138. The number of ether oxygens (including phenoxy) is 4. The van der Waals surface area contributed by atoms with Crippen LogP contribution < -0.4 is 14.2 Å². The van der Waals surface area contributed by atoms with Gasteiger partial charge in [-0.2, -0.15) is 0 Å². The largest absolute Gasteiger partial charge is 0.496 e. The highest BCUT2D eigenvalue weighted by molar-refractivity contribution is 7.99. The van der Waals surface area contributed by atoms with E-state index < -0.39 is 0 Å². The summed E-state index contributed by atoms with van der Waals surface area (Å²) in [6, 6.07) is 3.75. The van der Waals surface area contributed by atoms with Crippen molar-refractivity contribution >= 4 is 17.7 Å². The van der Waals surface area contributed by atoms with Gasteiger partial charge in [0.15, 0.2) is 11.5 Å². The first-order chi connectivity index (χ1) is 12.2. The lowest BCUT2D eigenvalue weighted by Gasteiger charge is -2.31. The van der Waals surface area contributed by atoms with E-state index in [1.807, 2.05) is 17.0 Å². The molecule has 138 valence electrons. The number of methoxy groups -OCH3 is 3. The van der Waals surface area contributed by atoms with Crippen LogP contribution in [0.1, 0.15) is 23.8 Å². The Hall–Kier alpha value is -1.60. The van der Waals surface area contributed by atoms with Crippen LogP contribution in [0.5, 0.6) is 17.2 Å². The van der Waals surface area contributed by atoms with Gasteiger partial charge >= 0.3 is 0 Å². The van der Waals surface area contributed by atoms with Crippen LogP contribution in [0.15, 0.2) is 12.1 Å². The molecule has 2 aliphatic rings. The van der Waals surface area contributed by atoms with E-state index >= 15 is 0 Å². The van der Waals surface area contributed by atoms with Crippen molar-refractivity contribution in [3.63, 3.8) is 0 Å². The molecule has 0 spiro atoms. The first-order valence-corrected chi connectivity index (χ1v) is 9.54. The number of carbonyl (C=O) groups excluding carboxylic acids is 1. The van der Waals surface area contributed by atoms with Gasteiger partial charge in [-0.3, -0.25) is 4.79 Å². The Morgan fingerprint density at radius 2 is 1.72 bits per heavy atom. The van der Waals surface area contributed by atoms with Crippen LogP contribution in [0.3, 0.4) is 0 Å². The molecule has 25 heavy (non-hydrogen) atoms. The van der Waals surface area contributed by atoms with E-state index in [1.54, 1.807) is 33.1 Å². The zero-order valence-corrected chi connectivity index (χ0v) is 15.8. The summed E-state index contributed by atoms with van der Waals surface area (Å²) in [5, 5.41) is -0.0647. The quantitative estimate of drug-likeness (QED) is 0.798.